The number of carbonyl (C=O) groups is 4. The second-order valence-electron chi connectivity index (χ2n) is 10.8. The monoisotopic (exact) mass is 607 g/mol. The van der Waals surface area contributed by atoms with E-state index in [4.69, 9.17) is 18.9 Å². The molecule has 45 heavy (non-hydrogen) atoms. The Balaban J connectivity index is 1.68. The first-order valence-electron chi connectivity index (χ1n) is 14.6. The molecule has 4 heterocycles. The minimum absolute atomic E-state index is 0.113. The van der Waals surface area contributed by atoms with Gasteiger partial charge in [-0.2, -0.15) is 0 Å². The Kier molecular flexibility index (Phi) is 9.28. The average Bonchev–Trinajstić information content (AvgIpc) is 2.96. The van der Waals surface area contributed by atoms with Gasteiger partial charge in [0.1, 0.15) is 17.2 Å². The van der Waals surface area contributed by atoms with Crippen LogP contribution in [0.2, 0.25) is 0 Å². The molecule has 4 aliphatic heterocycles. The molecule has 1 amide bonds. The molecule has 0 unspecified atom stereocenters. The first-order valence-corrected chi connectivity index (χ1v) is 14.6. The highest BCUT2D eigenvalue weighted by atomic mass is 16.6. The Morgan fingerprint density at radius 1 is 0.644 bits per heavy atom. The van der Waals surface area contributed by atoms with Crippen LogP contribution in [-0.2, 0) is 44.9 Å². The van der Waals surface area contributed by atoms with E-state index in [1.807, 2.05) is 54.6 Å². The lowest BCUT2D eigenvalue weighted by molar-refractivity contribution is -0.132. The fourth-order valence-corrected chi connectivity index (χ4v) is 5.33. The largest absolute Gasteiger partial charge is 0.453 e. The fraction of sp³-hybridized carbons (Fsp3) is 0.222. The lowest BCUT2D eigenvalue weighted by atomic mass is 9.92. The topological polar surface area (TPSA) is 117 Å². The zero-order valence-corrected chi connectivity index (χ0v) is 25.5. The van der Waals surface area contributed by atoms with Crippen molar-refractivity contribution >= 4 is 29.5 Å². The van der Waals surface area contributed by atoms with Gasteiger partial charge in [0.2, 0.25) is 5.91 Å². The summed E-state index contributed by atoms with van der Waals surface area (Å²) in [7, 11) is 0. The van der Waals surface area contributed by atoms with Crippen LogP contribution in [-0.4, -0.2) is 23.8 Å². The van der Waals surface area contributed by atoms with Crippen molar-refractivity contribution in [1.29, 1.82) is 0 Å². The number of benzene rings is 4. The number of rotatable bonds is 4. The van der Waals surface area contributed by atoms with E-state index in [1.54, 1.807) is 18.2 Å². The summed E-state index contributed by atoms with van der Waals surface area (Å²) in [5.41, 5.74) is 5.25. The smallest absolute Gasteiger partial charge is 0.308 e. The van der Waals surface area contributed by atoms with Crippen LogP contribution in [0.15, 0.2) is 72.8 Å². The molecule has 0 saturated heterocycles. The summed E-state index contributed by atoms with van der Waals surface area (Å²) in [6.45, 7) is 5.34. The number of ether oxygens (including phenoxy) is 4. The first kappa shape index (κ1) is 31.0. The molecule has 230 valence electrons. The maximum absolute atomic E-state index is 12.2. The van der Waals surface area contributed by atoms with Crippen molar-refractivity contribution in [3.05, 3.63) is 95.1 Å². The molecule has 0 saturated carbocycles. The van der Waals surface area contributed by atoms with Crippen molar-refractivity contribution in [3.63, 3.8) is 0 Å². The highest BCUT2D eigenvalue weighted by molar-refractivity contribution is 5.92. The van der Waals surface area contributed by atoms with Gasteiger partial charge < -0.3 is 24.3 Å². The highest BCUT2D eigenvalue weighted by Crippen LogP contribution is 2.42. The fourth-order valence-electron chi connectivity index (χ4n) is 5.33. The maximum Gasteiger partial charge on any atom is 0.308 e. The first-order chi connectivity index (χ1) is 21.5. The molecule has 0 fully saturated rings. The van der Waals surface area contributed by atoms with E-state index in [-0.39, 0.29) is 17.4 Å². The van der Waals surface area contributed by atoms with Crippen molar-refractivity contribution in [2.24, 2.45) is 0 Å². The molecular weight excluding hydrogens is 574 g/mol. The molecule has 1 N–H and O–H groups in total. The van der Waals surface area contributed by atoms with Crippen LogP contribution in [0.3, 0.4) is 0 Å². The molecule has 0 spiro atoms. The van der Waals surface area contributed by atoms with Crippen LogP contribution in [0, 0.1) is 0 Å². The molecule has 0 aliphatic carbocycles. The molecule has 6 bridgehead atoms. The molecule has 4 aromatic rings. The number of carbonyl (C=O) groups excluding carboxylic acids is 4. The Morgan fingerprint density at radius 3 is 1.98 bits per heavy atom. The number of anilines is 1. The predicted molar refractivity (Wildman–Crippen MR) is 168 cm³/mol. The SMILES string of the molecule is CC(=O)Nc1cc2cc(c1OC(C)=O)Oc1ccc(cc1)CCc1cccc(OC(C)=O)c1-c1ccc(cc1OC(C)=O)CC2. The Hall–Kier alpha value is -5.44. The van der Waals surface area contributed by atoms with Gasteiger partial charge in [0.25, 0.3) is 0 Å². The van der Waals surface area contributed by atoms with Gasteiger partial charge in [0.05, 0.1) is 5.69 Å². The Morgan fingerprint density at radius 2 is 1.29 bits per heavy atom. The van der Waals surface area contributed by atoms with Gasteiger partial charge in [-0.3, -0.25) is 19.2 Å². The summed E-state index contributed by atoms with van der Waals surface area (Å²) in [6, 6.07) is 22.2. The highest BCUT2D eigenvalue weighted by Gasteiger charge is 2.21. The zero-order chi connectivity index (χ0) is 32.1. The molecular formula is C36H33NO8. The van der Waals surface area contributed by atoms with E-state index in [9.17, 15) is 19.2 Å². The van der Waals surface area contributed by atoms with Crippen molar-refractivity contribution in [2.75, 3.05) is 5.32 Å². The summed E-state index contributed by atoms with van der Waals surface area (Å²) in [4.78, 5) is 48.4. The van der Waals surface area contributed by atoms with E-state index in [2.05, 4.69) is 5.32 Å². The number of hydrogen-bond acceptors (Lipinski definition) is 8. The van der Waals surface area contributed by atoms with Crippen LogP contribution < -0.4 is 24.3 Å². The third kappa shape index (κ3) is 7.75. The summed E-state index contributed by atoms with van der Waals surface area (Å²) >= 11 is 0. The zero-order valence-electron chi connectivity index (χ0n) is 25.5. The van der Waals surface area contributed by atoms with Gasteiger partial charge in [-0.05, 0) is 84.3 Å². The summed E-state index contributed by atoms with van der Waals surface area (Å²) in [6.07, 6.45) is 2.30. The summed E-state index contributed by atoms with van der Waals surface area (Å²) < 4.78 is 23.1. The van der Waals surface area contributed by atoms with Gasteiger partial charge in [0, 0.05) is 38.8 Å². The van der Waals surface area contributed by atoms with E-state index in [1.165, 1.54) is 27.7 Å². The third-order valence-corrected chi connectivity index (χ3v) is 7.14. The van der Waals surface area contributed by atoms with Gasteiger partial charge >= 0.3 is 17.9 Å². The van der Waals surface area contributed by atoms with Crippen molar-refractivity contribution in [1.82, 2.24) is 0 Å². The van der Waals surface area contributed by atoms with Crippen LogP contribution in [0.5, 0.6) is 28.7 Å². The van der Waals surface area contributed by atoms with Crippen molar-refractivity contribution in [2.45, 2.75) is 53.4 Å². The average molecular weight is 608 g/mol. The number of esters is 3. The minimum atomic E-state index is -0.556. The van der Waals surface area contributed by atoms with Gasteiger partial charge in [-0.25, -0.2) is 0 Å². The van der Waals surface area contributed by atoms with Crippen LogP contribution >= 0.6 is 0 Å². The number of nitrogens with one attached hydrogen (secondary N) is 1. The summed E-state index contributed by atoms with van der Waals surface area (Å²) in [5.74, 6) is -0.182. The third-order valence-electron chi connectivity index (χ3n) is 7.14. The Labute approximate surface area is 261 Å². The van der Waals surface area contributed by atoms with Crippen molar-refractivity contribution in [3.8, 4) is 39.9 Å². The standard InChI is InChI=1S/C36H33NO8/c1-21(38)37-31-18-27-9-8-26-13-17-30(33(19-26)43-23(3)40)35-28(6-5-7-32(35)42-22(2)39)14-10-25-11-15-29(16-12-25)45-34(20-27)36(31)44-24(4)41/h5-7,11-13,15-20H,8-10,14H2,1-4H3,(H,37,38). The lowest BCUT2D eigenvalue weighted by Crippen LogP contribution is -2.11. The van der Waals surface area contributed by atoms with Crippen molar-refractivity contribution < 1.29 is 38.1 Å². The van der Waals surface area contributed by atoms with Crippen LogP contribution in [0.1, 0.15) is 49.9 Å². The summed E-state index contributed by atoms with van der Waals surface area (Å²) in [5, 5.41) is 2.75. The van der Waals surface area contributed by atoms with Crippen LogP contribution in [0.25, 0.3) is 11.1 Å². The van der Waals surface area contributed by atoms with Gasteiger partial charge in [0.15, 0.2) is 11.5 Å². The molecule has 0 aromatic heterocycles. The quantitative estimate of drug-likeness (QED) is 0.200. The second-order valence-corrected chi connectivity index (χ2v) is 10.8. The molecule has 9 nitrogen and oxygen atoms in total. The normalized spacial score (nSPS) is 12.2. The molecule has 9 heteroatoms. The molecule has 8 rings (SSSR count). The number of aryl methyl sites for hydroxylation is 4. The number of amides is 1. The lowest BCUT2D eigenvalue weighted by Gasteiger charge is -2.19. The second kappa shape index (κ2) is 13.5. The van der Waals surface area contributed by atoms with E-state index in [0.29, 0.717) is 59.7 Å². The predicted octanol–water partition coefficient (Wildman–Crippen LogP) is 6.76. The van der Waals surface area contributed by atoms with E-state index >= 15 is 0 Å². The number of hydrogen-bond donors (Lipinski definition) is 1. The molecule has 0 atom stereocenters. The van der Waals surface area contributed by atoms with Crippen LogP contribution in [0.4, 0.5) is 5.69 Å². The van der Waals surface area contributed by atoms with Gasteiger partial charge in [-0.1, -0.05) is 36.4 Å². The molecule has 4 aliphatic rings. The molecule has 0 radical (unpaired) electrons. The Bertz CT molecular complexity index is 1790. The van der Waals surface area contributed by atoms with E-state index in [0.717, 1.165) is 22.3 Å². The molecule has 4 aromatic carbocycles. The van der Waals surface area contributed by atoms with Gasteiger partial charge in [-0.15, -0.1) is 0 Å². The van der Waals surface area contributed by atoms with E-state index < -0.39 is 17.9 Å². The minimum Gasteiger partial charge on any atom is -0.453 e. The maximum atomic E-state index is 12.2.